The van der Waals surface area contributed by atoms with Gasteiger partial charge in [0.25, 0.3) is 0 Å². The first kappa shape index (κ1) is 17.5. The number of rotatable bonds is 10. The molecule has 0 aliphatic carbocycles. The molecular formula is C16H34GeO2. The van der Waals surface area contributed by atoms with Gasteiger partial charge in [0.05, 0.1) is 0 Å². The number of unbranched alkanes of at least 4 members (excludes halogenated alkanes) is 5. The van der Waals surface area contributed by atoms with Crippen molar-refractivity contribution in [3.63, 3.8) is 0 Å². The maximum atomic E-state index is 5.74. The van der Waals surface area contributed by atoms with Crippen molar-refractivity contribution in [3.8, 4) is 0 Å². The summed E-state index contributed by atoms with van der Waals surface area (Å²) in [7, 11) is 0. The molecule has 19 heavy (non-hydrogen) atoms. The van der Waals surface area contributed by atoms with Crippen LogP contribution in [-0.2, 0) is 9.47 Å². The Kier molecular flexibility index (Phi) is 9.43. The van der Waals surface area contributed by atoms with Crippen molar-refractivity contribution < 1.29 is 9.47 Å². The van der Waals surface area contributed by atoms with Crippen LogP contribution in [0.3, 0.4) is 0 Å². The SMILES string of the molecule is [CH3][Ge]([CH3])([CH3])[CH2]CCCCCCCOC1CCCCO1. The Labute approximate surface area is 123 Å². The predicted octanol–water partition coefficient (Wildman–Crippen LogP) is 5.21. The van der Waals surface area contributed by atoms with Gasteiger partial charge in [0, 0.05) is 0 Å². The van der Waals surface area contributed by atoms with Crippen LogP contribution in [0.2, 0.25) is 22.5 Å². The molecule has 1 fully saturated rings. The van der Waals surface area contributed by atoms with Crippen molar-refractivity contribution in [3.05, 3.63) is 0 Å². The van der Waals surface area contributed by atoms with Crippen molar-refractivity contribution in [1.82, 2.24) is 0 Å². The van der Waals surface area contributed by atoms with Crippen molar-refractivity contribution in [1.29, 1.82) is 0 Å². The molecule has 1 aliphatic heterocycles. The molecule has 0 bridgehead atoms. The van der Waals surface area contributed by atoms with E-state index in [1.54, 1.807) is 5.25 Å². The maximum absolute atomic E-state index is 5.74. The van der Waals surface area contributed by atoms with E-state index in [-0.39, 0.29) is 6.29 Å². The fourth-order valence-corrected chi connectivity index (χ4v) is 5.27. The summed E-state index contributed by atoms with van der Waals surface area (Å²) in [5, 5.41) is 1.54. The van der Waals surface area contributed by atoms with Crippen LogP contribution in [-0.4, -0.2) is 32.8 Å². The molecule has 0 radical (unpaired) electrons. The van der Waals surface area contributed by atoms with E-state index in [1.807, 2.05) is 0 Å². The van der Waals surface area contributed by atoms with Crippen LogP contribution in [0.15, 0.2) is 0 Å². The monoisotopic (exact) mass is 332 g/mol. The summed E-state index contributed by atoms with van der Waals surface area (Å²) >= 11 is -1.25. The second kappa shape index (κ2) is 10.2. The van der Waals surface area contributed by atoms with Gasteiger partial charge in [-0.3, -0.25) is 0 Å². The fourth-order valence-electron chi connectivity index (χ4n) is 2.52. The van der Waals surface area contributed by atoms with Gasteiger partial charge in [-0.1, -0.05) is 0 Å². The van der Waals surface area contributed by atoms with Gasteiger partial charge in [-0.05, 0) is 6.42 Å². The molecule has 3 heteroatoms. The van der Waals surface area contributed by atoms with Crippen LogP contribution < -0.4 is 0 Å². The van der Waals surface area contributed by atoms with Crippen molar-refractivity contribution in [2.24, 2.45) is 0 Å². The molecule has 0 N–H and O–H groups in total. The molecule has 0 spiro atoms. The normalized spacial score (nSPS) is 20.7. The van der Waals surface area contributed by atoms with Crippen LogP contribution in [0.5, 0.6) is 0 Å². The molecule has 2 nitrogen and oxygen atoms in total. The average molecular weight is 331 g/mol. The third-order valence-electron chi connectivity index (χ3n) is 3.76. The second-order valence-electron chi connectivity index (χ2n) is 7.10. The Morgan fingerprint density at radius 1 is 0.947 bits per heavy atom. The Hall–Kier alpha value is 0.463. The molecule has 0 amide bonds. The van der Waals surface area contributed by atoms with Gasteiger partial charge in [-0.15, -0.1) is 0 Å². The average Bonchev–Trinajstić information content (AvgIpc) is 2.37. The molecule has 1 atom stereocenters. The second-order valence-corrected chi connectivity index (χ2v) is 18.9. The molecular weight excluding hydrogens is 297 g/mol. The Morgan fingerprint density at radius 3 is 2.26 bits per heavy atom. The Balaban J connectivity index is 1.78. The standard InChI is InChI=1S/C16H34GeO2/c1-17(2,3)13-9-6-4-5-7-10-14-18-16-12-8-11-15-19-16/h16H,4-15H2,1-3H3. The third kappa shape index (κ3) is 10.9. The summed E-state index contributed by atoms with van der Waals surface area (Å²) in [6.07, 6.45) is 11.9. The Morgan fingerprint density at radius 2 is 1.63 bits per heavy atom. The molecule has 1 aliphatic rings. The summed E-state index contributed by atoms with van der Waals surface area (Å²) in [5.74, 6) is 7.56. The van der Waals surface area contributed by atoms with E-state index < -0.39 is 13.3 Å². The van der Waals surface area contributed by atoms with E-state index in [1.165, 1.54) is 51.4 Å². The fraction of sp³-hybridized carbons (Fsp3) is 1.00. The Bertz CT molecular complexity index is 207. The first-order valence-electron chi connectivity index (χ1n) is 8.31. The molecule has 1 unspecified atom stereocenters. The van der Waals surface area contributed by atoms with E-state index in [9.17, 15) is 0 Å². The number of hydrogen-bond acceptors (Lipinski definition) is 2. The summed E-state index contributed by atoms with van der Waals surface area (Å²) in [6.45, 7) is 1.78. The van der Waals surface area contributed by atoms with Crippen molar-refractivity contribution in [2.75, 3.05) is 13.2 Å². The zero-order chi connectivity index (χ0) is 14.0. The minimum absolute atomic E-state index is 0.104. The molecule has 0 saturated carbocycles. The first-order chi connectivity index (χ1) is 9.08. The first-order valence-corrected chi connectivity index (χ1v) is 16.1. The minimum atomic E-state index is -1.25. The van der Waals surface area contributed by atoms with Gasteiger partial charge in [0.1, 0.15) is 0 Å². The molecule has 114 valence electrons. The number of ether oxygens (including phenoxy) is 2. The van der Waals surface area contributed by atoms with Crippen LogP contribution >= 0.6 is 0 Å². The van der Waals surface area contributed by atoms with E-state index >= 15 is 0 Å². The molecule has 1 rings (SSSR count). The molecule has 1 saturated heterocycles. The van der Waals surface area contributed by atoms with Crippen LogP contribution in [0.4, 0.5) is 0 Å². The molecule has 0 aromatic heterocycles. The summed E-state index contributed by atoms with van der Waals surface area (Å²) in [5.41, 5.74) is 0. The molecule has 0 aromatic rings. The van der Waals surface area contributed by atoms with Gasteiger partial charge >= 0.3 is 116 Å². The summed E-state index contributed by atoms with van der Waals surface area (Å²) in [6, 6.07) is 0. The zero-order valence-electron chi connectivity index (χ0n) is 13.4. The summed E-state index contributed by atoms with van der Waals surface area (Å²) in [4.78, 5) is 0. The quantitative estimate of drug-likeness (QED) is 0.404. The van der Waals surface area contributed by atoms with Crippen LogP contribution in [0.25, 0.3) is 0 Å². The molecule has 0 aromatic carbocycles. The topological polar surface area (TPSA) is 18.5 Å². The van der Waals surface area contributed by atoms with E-state index in [2.05, 4.69) is 17.3 Å². The summed E-state index contributed by atoms with van der Waals surface area (Å²) < 4.78 is 11.3. The van der Waals surface area contributed by atoms with Gasteiger partial charge in [-0.2, -0.15) is 0 Å². The van der Waals surface area contributed by atoms with E-state index in [0.717, 1.165) is 19.6 Å². The van der Waals surface area contributed by atoms with Gasteiger partial charge in [-0.25, -0.2) is 0 Å². The van der Waals surface area contributed by atoms with Crippen molar-refractivity contribution >= 4 is 13.3 Å². The zero-order valence-corrected chi connectivity index (χ0v) is 15.5. The van der Waals surface area contributed by atoms with Gasteiger partial charge in [0.15, 0.2) is 0 Å². The number of hydrogen-bond donors (Lipinski definition) is 0. The third-order valence-corrected chi connectivity index (χ3v) is 7.65. The van der Waals surface area contributed by atoms with Gasteiger partial charge in [0.2, 0.25) is 0 Å². The van der Waals surface area contributed by atoms with E-state index in [4.69, 9.17) is 9.47 Å². The van der Waals surface area contributed by atoms with Gasteiger partial charge < -0.3 is 0 Å². The predicted molar refractivity (Wildman–Crippen MR) is 85.4 cm³/mol. The molecule has 1 heterocycles. The van der Waals surface area contributed by atoms with E-state index in [0.29, 0.717) is 0 Å². The van der Waals surface area contributed by atoms with Crippen molar-refractivity contribution in [2.45, 2.75) is 86.6 Å². The van der Waals surface area contributed by atoms with Crippen LogP contribution in [0.1, 0.15) is 57.8 Å². The van der Waals surface area contributed by atoms with Crippen LogP contribution in [0, 0.1) is 0 Å².